The van der Waals surface area contributed by atoms with E-state index in [9.17, 15) is 4.79 Å². The summed E-state index contributed by atoms with van der Waals surface area (Å²) in [5, 5.41) is 1.28. The van der Waals surface area contributed by atoms with E-state index in [2.05, 4.69) is 19.1 Å². The molecule has 0 N–H and O–H groups in total. The molecule has 1 heterocycles. The monoisotopic (exact) mass is 222 g/mol. The van der Waals surface area contributed by atoms with Gasteiger partial charge in [-0.1, -0.05) is 37.3 Å². The number of benzene rings is 1. The van der Waals surface area contributed by atoms with Gasteiger partial charge in [-0.25, -0.2) is 0 Å². The molecule has 0 aromatic heterocycles. The topological polar surface area (TPSA) is 26.3 Å². The molecule has 1 aliphatic rings. The lowest BCUT2D eigenvalue weighted by molar-refractivity contribution is -0.142. The summed E-state index contributed by atoms with van der Waals surface area (Å²) in [5.74, 6) is 0.0849. The number of carbonyl (C=O) groups excluding carboxylic acids is 1. The van der Waals surface area contributed by atoms with E-state index in [1.165, 1.54) is 5.30 Å². The molecule has 3 heteroatoms. The summed E-state index contributed by atoms with van der Waals surface area (Å²) in [5.41, 5.74) is 0.0485. The molecule has 2 rings (SSSR count). The number of hydrogen-bond acceptors (Lipinski definition) is 2. The molecule has 1 aromatic rings. The number of carbonyl (C=O) groups is 1. The number of hydrogen-bond donors (Lipinski definition) is 0. The average Bonchev–Trinajstić information content (AvgIpc) is 2.56. The Labute approximate surface area is 91.4 Å². The van der Waals surface area contributed by atoms with Crippen molar-refractivity contribution in [1.82, 2.24) is 0 Å². The maximum absolute atomic E-state index is 11.5. The zero-order chi connectivity index (χ0) is 10.8. The fraction of sp³-hybridized carbons (Fsp3) is 0.417. The summed E-state index contributed by atoms with van der Waals surface area (Å²) in [6, 6.07) is 10.3. The summed E-state index contributed by atoms with van der Waals surface area (Å²) >= 11 is 0. The molecule has 0 bridgehead atoms. The Morgan fingerprint density at radius 3 is 2.60 bits per heavy atom. The van der Waals surface area contributed by atoms with E-state index < -0.39 is 7.92 Å². The first-order chi connectivity index (χ1) is 7.24. The second kappa shape index (κ2) is 4.32. The molecule has 0 aliphatic carbocycles. The highest BCUT2D eigenvalue weighted by atomic mass is 31.1. The van der Waals surface area contributed by atoms with Crippen LogP contribution in [0.1, 0.15) is 20.3 Å². The molecular weight excluding hydrogens is 207 g/mol. The molecule has 1 saturated heterocycles. The predicted octanol–water partition coefficient (Wildman–Crippen LogP) is 2.48. The molecule has 0 radical (unpaired) electrons. The van der Waals surface area contributed by atoms with Gasteiger partial charge >= 0.3 is 5.97 Å². The van der Waals surface area contributed by atoms with Crippen LogP contribution >= 0.6 is 7.92 Å². The fourth-order valence-electron chi connectivity index (χ4n) is 1.92. The van der Waals surface area contributed by atoms with Gasteiger partial charge in [-0.05, 0) is 26.6 Å². The van der Waals surface area contributed by atoms with Crippen LogP contribution in [0.3, 0.4) is 0 Å². The van der Waals surface area contributed by atoms with Crippen molar-refractivity contribution in [2.75, 3.05) is 0 Å². The molecule has 0 saturated carbocycles. The number of ether oxygens (including phenoxy) is 1. The molecule has 2 nitrogen and oxygen atoms in total. The van der Waals surface area contributed by atoms with Gasteiger partial charge in [-0.3, -0.25) is 4.79 Å². The zero-order valence-electron chi connectivity index (χ0n) is 9.01. The molecule has 80 valence electrons. The van der Waals surface area contributed by atoms with Gasteiger partial charge in [0.25, 0.3) is 0 Å². The molecule has 1 aliphatic heterocycles. The quantitative estimate of drug-likeness (QED) is 0.567. The van der Waals surface area contributed by atoms with E-state index >= 15 is 0 Å². The Morgan fingerprint density at radius 2 is 2.00 bits per heavy atom. The van der Waals surface area contributed by atoms with Gasteiger partial charge in [-0.2, -0.15) is 0 Å². The van der Waals surface area contributed by atoms with Crippen molar-refractivity contribution in [3.8, 4) is 0 Å². The van der Waals surface area contributed by atoms with Crippen molar-refractivity contribution in [3.05, 3.63) is 30.3 Å². The van der Waals surface area contributed by atoms with Crippen LogP contribution < -0.4 is 5.30 Å². The van der Waals surface area contributed by atoms with E-state index in [4.69, 9.17) is 4.74 Å². The molecule has 15 heavy (non-hydrogen) atoms. The SMILES string of the molecule is CC[C@H]1OC(=O)[C@@H](C)[P@]1c1ccccc1. The van der Waals surface area contributed by atoms with Crippen molar-refractivity contribution in [3.63, 3.8) is 0 Å². The van der Waals surface area contributed by atoms with E-state index in [1.54, 1.807) is 0 Å². The van der Waals surface area contributed by atoms with Gasteiger partial charge in [0, 0.05) is 0 Å². The minimum Gasteiger partial charge on any atom is -0.457 e. The predicted molar refractivity (Wildman–Crippen MR) is 62.6 cm³/mol. The van der Waals surface area contributed by atoms with Gasteiger partial charge in [0.15, 0.2) is 0 Å². The van der Waals surface area contributed by atoms with Gasteiger partial charge < -0.3 is 4.74 Å². The molecule has 1 fully saturated rings. The molecular formula is C12H15O2P. The molecule has 0 unspecified atom stereocenters. The first-order valence-corrected chi connectivity index (χ1v) is 6.76. The Balaban J connectivity index is 2.30. The highest BCUT2D eigenvalue weighted by molar-refractivity contribution is 7.68. The third-order valence-electron chi connectivity index (χ3n) is 2.72. The van der Waals surface area contributed by atoms with Gasteiger partial charge in [0.05, 0.1) is 5.66 Å². The Kier molecular flexibility index (Phi) is 3.06. The van der Waals surface area contributed by atoms with Crippen molar-refractivity contribution in [2.45, 2.75) is 31.8 Å². The lowest BCUT2D eigenvalue weighted by Crippen LogP contribution is -2.13. The smallest absolute Gasteiger partial charge is 0.314 e. The van der Waals surface area contributed by atoms with Crippen LogP contribution in [0.5, 0.6) is 0 Å². The Morgan fingerprint density at radius 1 is 1.33 bits per heavy atom. The standard InChI is InChI=1S/C12H15O2P/c1-3-11-14-12(13)9(2)15(11)10-7-5-4-6-8-10/h4-9,11H,3H2,1-2H3/t9-,11+,15-/m1/s1. The Hall–Kier alpha value is -0.880. The normalized spacial score (nSPS) is 30.3. The second-order valence-electron chi connectivity index (χ2n) is 3.72. The van der Waals surface area contributed by atoms with Gasteiger partial charge in [-0.15, -0.1) is 0 Å². The van der Waals surface area contributed by atoms with Crippen LogP contribution in [0.4, 0.5) is 0 Å². The molecule has 1 aromatic carbocycles. The van der Waals surface area contributed by atoms with E-state index in [0.717, 1.165) is 6.42 Å². The van der Waals surface area contributed by atoms with Crippen molar-refractivity contribution < 1.29 is 9.53 Å². The molecule has 0 spiro atoms. The third-order valence-corrected chi connectivity index (χ3v) is 5.76. The van der Waals surface area contributed by atoms with Gasteiger partial charge in [0.2, 0.25) is 0 Å². The van der Waals surface area contributed by atoms with Crippen LogP contribution in [0.2, 0.25) is 0 Å². The van der Waals surface area contributed by atoms with Crippen molar-refractivity contribution in [2.24, 2.45) is 0 Å². The molecule has 0 amide bonds. The zero-order valence-corrected chi connectivity index (χ0v) is 9.91. The van der Waals surface area contributed by atoms with Gasteiger partial charge in [0.1, 0.15) is 5.85 Å². The van der Waals surface area contributed by atoms with Crippen LogP contribution in [0.15, 0.2) is 30.3 Å². The van der Waals surface area contributed by atoms with E-state index in [0.29, 0.717) is 0 Å². The Bertz CT molecular complexity index is 350. The minimum absolute atomic E-state index is 0.0307. The van der Waals surface area contributed by atoms with Crippen LogP contribution in [-0.4, -0.2) is 17.5 Å². The fourth-order valence-corrected chi connectivity index (χ4v) is 4.62. The number of cyclic esters (lactones) is 1. The lowest BCUT2D eigenvalue weighted by atomic mass is 10.4. The van der Waals surface area contributed by atoms with Crippen LogP contribution in [0, 0.1) is 0 Å². The maximum atomic E-state index is 11.5. The summed E-state index contributed by atoms with van der Waals surface area (Å²) in [4.78, 5) is 11.5. The third kappa shape index (κ3) is 1.91. The van der Waals surface area contributed by atoms with E-state index in [1.807, 2.05) is 25.1 Å². The van der Waals surface area contributed by atoms with E-state index in [-0.39, 0.29) is 17.5 Å². The average molecular weight is 222 g/mol. The summed E-state index contributed by atoms with van der Waals surface area (Å²) in [6.45, 7) is 4.06. The second-order valence-corrected chi connectivity index (χ2v) is 6.40. The maximum Gasteiger partial charge on any atom is 0.314 e. The first kappa shape index (κ1) is 10.6. The summed E-state index contributed by atoms with van der Waals surface area (Å²) < 4.78 is 5.38. The largest absolute Gasteiger partial charge is 0.457 e. The molecule has 3 atom stereocenters. The number of esters is 1. The highest BCUT2D eigenvalue weighted by Gasteiger charge is 2.41. The summed E-state index contributed by atoms with van der Waals surface area (Å²) in [6.07, 6.45) is 0.913. The van der Waals surface area contributed by atoms with Crippen LogP contribution in [0.25, 0.3) is 0 Å². The highest BCUT2D eigenvalue weighted by Crippen LogP contribution is 2.52. The van der Waals surface area contributed by atoms with Crippen molar-refractivity contribution in [1.29, 1.82) is 0 Å². The minimum atomic E-state index is -0.476. The van der Waals surface area contributed by atoms with Crippen molar-refractivity contribution >= 4 is 19.2 Å². The lowest BCUT2D eigenvalue weighted by Gasteiger charge is -2.18. The number of rotatable bonds is 2. The summed E-state index contributed by atoms with van der Waals surface area (Å²) in [7, 11) is -0.476. The first-order valence-electron chi connectivity index (χ1n) is 5.28. The van der Waals surface area contributed by atoms with Crippen LogP contribution in [-0.2, 0) is 9.53 Å².